The number of hydrogen-bond donors (Lipinski definition) is 0. The Hall–Kier alpha value is -4.60. The number of rotatable bonds is 5. The van der Waals surface area contributed by atoms with Crippen molar-refractivity contribution in [2.24, 2.45) is 0 Å². The first-order valence-electron chi connectivity index (χ1n) is 12.8. The molecule has 1 atom stereocenters. The number of nitrogens with zero attached hydrogens (tertiary/aromatic N) is 5. The summed E-state index contributed by atoms with van der Waals surface area (Å²) < 4.78 is 56.0. The smallest absolute Gasteiger partial charge is 0.301 e. The molecule has 0 fully saturated rings. The summed E-state index contributed by atoms with van der Waals surface area (Å²) in [5.74, 6) is -1.45. The van der Waals surface area contributed by atoms with Crippen molar-refractivity contribution in [1.29, 1.82) is 0 Å². The van der Waals surface area contributed by atoms with Gasteiger partial charge in [-0.15, -0.1) is 5.10 Å². The summed E-state index contributed by atoms with van der Waals surface area (Å²) in [7, 11) is 0. The van der Waals surface area contributed by atoms with Crippen molar-refractivity contribution in [2.75, 3.05) is 11.4 Å². The lowest BCUT2D eigenvalue weighted by molar-refractivity contribution is -0.134. The molecular formula is C30H23F4N5O. The normalized spacial score (nSPS) is 15.8. The molecule has 1 aliphatic heterocycles. The summed E-state index contributed by atoms with van der Waals surface area (Å²) in [6.45, 7) is -1.52. The molecule has 1 aliphatic rings. The van der Waals surface area contributed by atoms with Crippen molar-refractivity contribution in [1.82, 2.24) is 20.0 Å². The topological polar surface area (TPSA) is 63.9 Å². The Kier molecular flexibility index (Phi) is 6.53. The second-order valence-corrected chi connectivity index (χ2v) is 9.82. The lowest BCUT2D eigenvalue weighted by Gasteiger charge is -2.26. The standard InChI is InChI=1S/C30H23F4N5O/c31-24-4-1-5-27-23(24)11-13-28(29(40)38(27)18-30(32,33)34)39-17-26(36-37-39)21-9-6-19(7-10-21)15-20-8-12-25-22(16-20)3-2-14-35-25/h1-10,12,14,16-17,28H,11,13,15,18H2. The molecule has 1 amide bonds. The summed E-state index contributed by atoms with van der Waals surface area (Å²) in [6, 6.07) is 20.6. The average molecular weight is 546 g/mol. The lowest BCUT2D eigenvalue weighted by atomic mass is 10.0. The van der Waals surface area contributed by atoms with E-state index in [0.29, 0.717) is 10.6 Å². The zero-order chi connectivity index (χ0) is 27.9. The highest BCUT2D eigenvalue weighted by Gasteiger charge is 2.40. The summed E-state index contributed by atoms with van der Waals surface area (Å²) in [5.41, 5.74) is 4.41. The van der Waals surface area contributed by atoms with Crippen LogP contribution in [0.15, 0.2) is 85.2 Å². The molecular weight excluding hydrogens is 522 g/mol. The molecule has 202 valence electrons. The number of alkyl halides is 3. The van der Waals surface area contributed by atoms with E-state index in [9.17, 15) is 22.4 Å². The van der Waals surface area contributed by atoms with Gasteiger partial charge in [0.15, 0.2) is 0 Å². The highest BCUT2D eigenvalue weighted by atomic mass is 19.4. The number of amides is 1. The van der Waals surface area contributed by atoms with Crippen molar-refractivity contribution in [3.63, 3.8) is 0 Å². The fourth-order valence-corrected chi connectivity index (χ4v) is 5.16. The van der Waals surface area contributed by atoms with Gasteiger partial charge < -0.3 is 4.90 Å². The van der Waals surface area contributed by atoms with Gasteiger partial charge in [-0.1, -0.05) is 47.7 Å². The largest absolute Gasteiger partial charge is 0.406 e. The highest BCUT2D eigenvalue weighted by molar-refractivity contribution is 5.97. The Morgan fingerprint density at radius 1 is 0.950 bits per heavy atom. The van der Waals surface area contributed by atoms with Crippen LogP contribution in [0, 0.1) is 5.82 Å². The maximum absolute atomic E-state index is 14.5. The van der Waals surface area contributed by atoms with E-state index >= 15 is 0 Å². The van der Waals surface area contributed by atoms with Crippen LogP contribution < -0.4 is 4.90 Å². The van der Waals surface area contributed by atoms with Gasteiger partial charge in [0, 0.05) is 22.7 Å². The number of anilines is 1. The molecule has 0 bridgehead atoms. The zero-order valence-electron chi connectivity index (χ0n) is 21.1. The number of carbonyl (C=O) groups excluding carboxylic acids is 1. The van der Waals surface area contributed by atoms with Gasteiger partial charge in [-0.25, -0.2) is 9.07 Å². The molecule has 5 aromatic rings. The number of hydrogen-bond acceptors (Lipinski definition) is 4. The second kappa shape index (κ2) is 10.2. The highest BCUT2D eigenvalue weighted by Crippen LogP contribution is 2.35. The van der Waals surface area contributed by atoms with E-state index in [0.717, 1.165) is 34.0 Å². The molecule has 0 saturated heterocycles. The Bertz CT molecular complexity index is 1700. The van der Waals surface area contributed by atoms with Gasteiger partial charge in [-0.2, -0.15) is 13.2 Å². The summed E-state index contributed by atoms with van der Waals surface area (Å²) >= 11 is 0. The van der Waals surface area contributed by atoms with Crippen LogP contribution in [0.2, 0.25) is 0 Å². The molecule has 0 radical (unpaired) electrons. The van der Waals surface area contributed by atoms with Crippen LogP contribution in [0.25, 0.3) is 22.2 Å². The number of benzene rings is 3. The van der Waals surface area contributed by atoms with Crippen molar-refractivity contribution >= 4 is 22.5 Å². The maximum atomic E-state index is 14.5. The van der Waals surface area contributed by atoms with Gasteiger partial charge >= 0.3 is 6.18 Å². The van der Waals surface area contributed by atoms with Gasteiger partial charge in [0.25, 0.3) is 5.91 Å². The molecule has 0 spiro atoms. The number of halogens is 4. The van der Waals surface area contributed by atoms with Crippen LogP contribution in [0.3, 0.4) is 0 Å². The molecule has 10 heteroatoms. The van der Waals surface area contributed by atoms with Crippen molar-refractivity contribution in [3.8, 4) is 11.3 Å². The number of fused-ring (bicyclic) bond motifs is 2. The first kappa shape index (κ1) is 25.7. The fourth-order valence-electron chi connectivity index (χ4n) is 5.16. The Morgan fingerprint density at radius 2 is 1.75 bits per heavy atom. The van der Waals surface area contributed by atoms with E-state index < -0.39 is 30.5 Å². The molecule has 0 N–H and O–H groups in total. The molecule has 6 nitrogen and oxygen atoms in total. The molecule has 1 unspecified atom stereocenters. The van der Waals surface area contributed by atoms with Crippen LogP contribution in [0.4, 0.5) is 23.2 Å². The van der Waals surface area contributed by atoms with E-state index in [-0.39, 0.29) is 24.1 Å². The molecule has 2 aromatic heterocycles. The number of pyridine rings is 1. The molecule has 40 heavy (non-hydrogen) atoms. The Balaban J connectivity index is 1.23. The first-order chi connectivity index (χ1) is 19.2. The minimum Gasteiger partial charge on any atom is -0.301 e. The van der Waals surface area contributed by atoms with Crippen LogP contribution in [-0.2, 0) is 17.6 Å². The average Bonchev–Trinajstić information content (AvgIpc) is 3.37. The van der Waals surface area contributed by atoms with Gasteiger partial charge in [0.1, 0.15) is 24.1 Å². The SMILES string of the molecule is O=C1C(n2cc(-c3ccc(Cc4ccc5ncccc5c4)cc3)nn2)CCc2c(F)cccc2N1CC(F)(F)F. The first-order valence-corrected chi connectivity index (χ1v) is 12.8. The predicted molar refractivity (Wildman–Crippen MR) is 142 cm³/mol. The van der Waals surface area contributed by atoms with Crippen LogP contribution >= 0.6 is 0 Å². The summed E-state index contributed by atoms with van der Waals surface area (Å²) in [6.07, 6.45) is -0.453. The monoisotopic (exact) mass is 545 g/mol. The minimum absolute atomic E-state index is 0.0663. The van der Waals surface area contributed by atoms with E-state index in [2.05, 4.69) is 21.4 Å². The number of carbonyl (C=O) groups is 1. The van der Waals surface area contributed by atoms with Crippen LogP contribution in [0.5, 0.6) is 0 Å². The Morgan fingerprint density at radius 3 is 2.55 bits per heavy atom. The summed E-state index contributed by atoms with van der Waals surface area (Å²) in [5, 5.41) is 9.33. The third-order valence-corrected chi connectivity index (χ3v) is 7.10. The zero-order valence-corrected chi connectivity index (χ0v) is 21.1. The summed E-state index contributed by atoms with van der Waals surface area (Å²) in [4.78, 5) is 18.3. The molecule has 0 aliphatic carbocycles. The van der Waals surface area contributed by atoms with E-state index in [1.54, 1.807) is 12.4 Å². The van der Waals surface area contributed by atoms with E-state index in [1.807, 2.05) is 48.5 Å². The van der Waals surface area contributed by atoms with E-state index in [4.69, 9.17) is 0 Å². The van der Waals surface area contributed by atoms with Gasteiger partial charge in [0.05, 0.1) is 17.4 Å². The maximum Gasteiger partial charge on any atom is 0.406 e. The van der Waals surface area contributed by atoms with Gasteiger partial charge in [-0.05, 0) is 60.7 Å². The lowest BCUT2D eigenvalue weighted by Crippen LogP contribution is -2.42. The van der Waals surface area contributed by atoms with Crippen molar-refractivity contribution in [3.05, 3.63) is 108 Å². The molecule has 0 saturated carbocycles. The van der Waals surface area contributed by atoms with Crippen LogP contribution in [-0.4, -0.2) is 38.6 Å². The molecule has 3 heterocycles. The molecule has 3 aromatic carbocycles. The third-order valence-electron chi connectivity index (χ3n) is 7.10. The third kappa shape index (κ3) is 5.16. The van der Waals surface area contributed by atoms with Gasteiger partial charge in [0.2, 0.25) is 0 Å². The fraction of sp³-hybridized carbons (Fsp3) is 0.200. The van der Waals surface area contributed by atoms with Crippen LogP contribution in [0.1, 0.15) is 29.2 Å². The van der Waals surface area contributed by atoms with Crippen molar-refractivity contribution in [2.45, 2.75) is 31.5 Å². The van der Waals surface area contributed by atoms with Crippen molar-refractivity contribution < 1.29 is 22.4 Å². The van der Waals surface area contributed by atoms with E-state index in [1.165, 1.54) is 22.9 Å². The van der Waals surface area contributed by atoms with Gasteiger partial charge in [-0.3, -0.25) is 9.78 Å². The molecule has 6 rings (SSSR count). The Labute approximate surface area is 226 Å². The minimum atomic E-state index is -4.66. The number of aromatic nitrogens is 4. The quantitative estimate of drug-likeness (QED) is 0.243. The predicted octanol–water partition coefficient (Wildman–Crippen LogP) is 6.31. The second-order valence-electron chi connectivity index (χ2n) is 9.82.